The number of nitrogens with one attached hydrogen (secondary N) is 2. The molecule has 0 amide bonds. The van der Waals surface area contributed by atoms with Crippen molar-refractivity contribution in [2.75, 3.05) is 7.05 Å². The molecule has 0 radical (unpaired) electrons. The SMILES string of the molecule is CN=C(NCc1nc(C)c(C)s1)NC1CC(C)(C)Oc2ccccc21.I. The van der Waals surface area contributed by atoms with Crippen molar-refractivity contribution in [2.45, 2.75) is 52.3 Å². The summed E-state index contributed by atoms with van der Waals surface area (Å²) in [6.45, 7) is 9.06. The van der Waals surface area contributed by atoms with Gasteiger partial charge in [0, 0.05) is 23.9 Å². The van der Waals surface area contributed by atoms with Crippen LogP contribution in [-0.4, -0.2) is 23.6 Å². The number of hydrogen-bond donors (Lipinski definition) is 2. The van der Waals surface area contributed by atoms with Crippen molar-refractivity contribution in [1.82, 2.24) is 15.6 Å². The van der Waals surface area contributed by atoms with Gasteiger partial charge < -0.3 is 15.4 Å². The number of nitrogens with zero attached hydrogens (tertiary/aromatic N) is 2. The molecule has 1 atom stereocenters. The van der Waals surface area contributed by atoms with Crippen molar-refractivity contribution in [2.24, 2.45) is 4.99 Å². The summed E-state index contributed by atoms with van der Waals surface area (Å²) in [5.74, 6) is 1.72. The van der Waals surface area contributed by atoms with Crippen LogP contribution < -0.4 is 15.4 Å². The van der Waals surface area contributed by atoms with Crippen LogP contribution in [0.5, 0.6) is 5.75 Å². The maximum absolute atomic E-state index is 6.10. The predicted octanol–water partition coefficient (Wildman–Crippen LogP) is 4.35. The van der Waals surface area contributed by atoms with Crippen molar-refractivity contribution in [3.05, 3.63) is 45.4 Å². The summed E-state index contributed by atoms with van der Waals surface area (Å²) in [7, 11) is 1.80. The largest absolute Gasteiger partial charge is 0.487 e. The number of fused-ring (bicyclic) bond motifs is 1. The minimum absolute atomic E-state index is 0. The van der Waals surface area contributed by atoms with E-state index >= 15 is 0 Å². The highest BCUT2D eigenvalue weighted by Gasteiger charge is 2.33. The Bertz CT molecular complexity index is 768. The maximum Gasteiger partial charge on any atom is 0.191 e. The van der Waals surface area contributed by atoms with Crippen LogP contribution >= 0.6 is 35.3 Å². The molecule has 0 fully saturated rings. The number of rotatable bonds is 3. The van der Waals surface area contributed by atoms with Crippen LogP contribution in [0.1, 0.15) is 47.5 Å². The molecule has 2 aromatic rings. The number of guanidine groups is 1. The Balaban J connectivity index is 0.00000243. The fraction of sp³-hybridized carbons (Fsp3) is 0.474. The van der Waals surface area contributed by atoms with E-state index in [9.17, 15) is 0 Å². The van der Waals surface area contributed by atoms with Gasteiger partial charge in [0.05, 0.1) is 18.3 Å². The first kappa shape index (κ1) is 21.0. The van der Waals surface area contributed by atoms with Crippen molar-refractivity contribution in [3.8, 4) is 5.75 Å². The molecule has 0 saturated carbocycles. The van der Waals surface area contributed by atoms with Gasteiger partial charge in [-0.1, -0.05) is 18.2 Å². The lowest BCUT2D eigenvalue weighted by Gasteiger charge is -2.38. The Kier molecular flexibility index (Phi) is 6.90. The van der Waals surface area contributed by atoms with E-state index in [2.05, 4.69) is 47.4 Å². The van der Waals surface area contributed by atoms with Crippen LogP contribution in [-0.2, 0) is 6.54 Å². The molecule has 0 bridgehead atoms. The number of aliphatic imine (C=N–C) groups is 1. The minimum atomic E-state index is -0.214. The summed E-state index contributed by atoms with van der Waals surface area (Å²) >= 11 is 1.72. The molecule has 7 heteroatoms. The summed E-state index contributed by atoms with van der Waals surface area (Å²) in [6, 6.07) is 8.36. The number of para-hydroxylation sites is 1. The molecule has 3 rings (SSSR count). The van der Waals surface area contributed by atoms with Gasteiger partial charge in [0.25, 0.3) is 0 Å². The van der Waals surface area contributed by atoms with Gasteiger partial charge >= 0.3 is 0 Å². The Hall–Kier alpha value is -1.35. The van der Waals surface area contributed by atoms with Crippen molar-refractivity contribution in [1.29, 1.82) is 0 Å². The topological polar surface area (TPSA) is 58.5 Å². The van der Waals surface area contributed by atoms with Gasteiger partial charge in [-0.25, -0.2) is 4.98 Å². The second-order valence-electron chi connectivity index (χ2n) is 6.98. The number of thiazole rings is 1. The molecule has 1 aromatic heterocycles. The number of benzene rings is 1. The standard InChI is InChI=1S/C19H26N4OS.HI/c1-12-13(2)25-17(22-12)11-21-18(20-5)23-15-10-19(3,4)24-16-9-7-6-8-14(15)16;/h6-9,15H,10-11H2,1-5H3,(H2,20,21,23);1H. The Morgan fingerprint density at radius 1 is 1.35 bits per heavy atom. The van der Waals surface area contributed by atoms with Gasteiger partial charge in [-0.2, -0.15) is 0 Å². The third-order valence-electron chi connectivity index (χ3n) is 4.39. The highest BCUT2D eigenvalue weighted by atomic mass is 127. The highest BCUT2D eigenvalue weighted by molar-refractivity contribution is 14.0. The maximum atomic E-state index is 6.10. The summed E-state index contributed by atoms with van der Waals surface area (Å²) in [4.78, 5) is 10.2. The van der Waals surface area contributed by atoms with Gasteiger partial charge in [-0.05, 0) is 33.8 Å². The fourth-order valence-electron chi connectivity index (χ4n) is 3.06. The van der Waals surface area contributed by atoms with Gasteiger partial charge in [0.1, 0.15) is 16.4 Å². The smallest absolute Gasteiger partial charge is 0.191 e. The van der Waals surface area contributed by atoms with Crippen molar-refractivity contribution in [3.63, 3.8) is 0 Å². The molecule has 0 spiro atoms. The average Bonchev–Trinajstić information content (AvgIpc) is 2.88. The fourth-order valence-corrected chi connectivity index (χ4v) is 3.94. The zero-order valence-corrected chi connectivity index (χ0v) is 19.1. The van der Waals surface area contributed by atoms with Crippen LogP contribution in [0, 0.1) is 13.8 Å². The number of hydrogen-bond acceptors (Lipinski definition) is 4. The molecule has 1 aliphatic rings. The normalized spacial score (nSPS) is 18.3. The second-order valence-corrected chi connectivity index (χ2v) is 8.26. The van der Waals surface area contributed by atoms with Crippen molar-refractivity contribution >= 4 is 41.3 Å². The Labute approximate surface area is 176 Å². The van der Waals surface area contributed by atoms with E-state index < -0.39 is 0 Å². The quantitative estimate of drug-likeness (QED) is 0.385. The van der Waals surface area contributed by atoms with Crippen LogP contribution in [0.25, 0.3) is 0 Å². The number of aryl methyl sites for hydroxylation is 2. The van der Waals surface area contributed by atoms with E-state index in [0.717, 1.165) is 28.8 Å². The summed E-state index contributed by atoms with van der Waals surface area (Å²) in [5.41, 5.74) is 2.06. The van der Waals surface area contributed by atoms with E-state index in [1.165, 1.54) is 10.4 Å². The molecule has 0 saturated heterocycles. The first-order chi connectivity index (χ1) is 11.9. The number of aromatic nitrogens is 1. The molecule has 1 aliphatic heterocycles. The summed E-state index contributed by atoms with van der Waals surface area (Å²) < 4.78 is 6.10. The summed E-state index contributed by atoms with van der Waals surface area (Å²) in [5, 5.41) is 8.00. The molecule has 142 valence electrons. The zero-order chi connectivity index (χ0) is 18.0. The van der Waals surface area contributed by atoms with Crippen LogP contribution in [0.15, 0.2) is 29.3 Å². The van der Waals surface area contributed by atoms with Crippen LogP contribution in [0.2, 0.25) is 0 Å². The van der Waals surface area contributed by atoms with Crippen LogP contribution in [0.4, 0.5) is 0 Å². The van der Waals surface area contributed by atoms with Gasteiger partial charge in [0.2, 0.25) is 0 Å². The monoisotopic (exact) mass is 486 g/mol. The second kappa shape index (κ2) is 8.56. The van der Waals surface area contributed by atoms with Gasteiger partial charge in [-0.15, -0.1) is 35.3 Å². The Morgan fingerprint density at radius 3 is 2.73 bits per heavy atom. The van der Waals surface area contributed by atoms with Gasteiger partial charge in [0.15, 0.2) is 5.96 Å². The molecule has 2 heterocycles. The lowest BCUT2D eigenvalue weighted by molar-refractivity contribution is 0.0694. The number of ether oxygens (including phenoxy) is 1. The van der Waals surface area contributed by atoms with E-state index in [-0.39, 0.29) is 35.6 Å². The minimum Gasteiger partial charge on any atom is -0.487 e. The van der Waals surface area contributed by atoms with E-state index in [0.29, 0.717) is 6.54 Å². The van der Waals surface area contributed by atoms with Crippen molar-refractivity contribution < 1.29 is 4.74 Å². The van der Waals surface area contributed by atoms with Crippen LogP contribution in [0.3, 0.4) is 0 Å². The van der Waals surface area contributed by atoms with E-state index in [4.69, 9.17) is 4.74 Å². The zero-order valence-electron chi connectivity index (χ0n) is 15.9. The molecule has 5 nitrogen and oxygen atoms in total. The highest BCUT2D eigenvalue weighted by Crippen LogP contribution is 2.39. The molecular weight excluding hydrogens is 459 g/mol. The lowest BCUT2D eigenvalue weighted by Crippen LogP contribution is -2.45. The third-order valence-corrected chi connectivity index (χ3v) is 5.46. The molecule has 2 N–H and O–H groups in total. The molecular formula is C19H27IN4OS. The average molecular weight is 486 g/mol. The van der Waals surface area contributed by atoms with E-state index in [1.54, 1.807) is 18.4 Å². The lowest BCUT2D eigenvalue weighted by atomic mass is 9.90. The molecule has 0 aliphatic carbocycles. The number of halogens is 1. The predicted molar refractivity (Wildman–Crippen MR) is 119 cm³/mol. The first-order valence-electron chi connectivity index (χ1n) is 8.56. The van der Waals surface area contributed by atoms with Gasteiger partial charge in [-0.3, -0.25) is 4.99 Å². The summed E-state index contributed by atoms with van der Waals surface area (Å²) in [6.07, 6.45) is 0.875. The first-order valence-corrected chi connectivity index (χ1v) is 9.37. The third kappa shape index (κ3) is 4.88. The molecule has 26 heavy (non-hydrogen) atoms. The molecule has 1 aromatic carbocycles. The Morgan fingerprint density at radius 2 is 2.08 bits per heavy atom. The van der Waals surface area contributed by atoms with E-state index in [1.807, 2.05) is 25.1 Å². The molecule has 1 unspecified atom stereocenters.